The van der Waals surface area contributed by atoms with Crippen LogP contribution in [0.2, 0.25) is 0 Å². The molecule has 19 heavy (non-hydrogen) atoms. The van der Waals surface area contributed by atoms with Crippen LogP contribution < -0.4 is 5.32 Å². The molecule has 1 aromatic rings. The van der Waals surface area contributed by atoms with E-state index in [0.717, 1.165) is 11.2 Å². The van der Waals surface area contributed by atoms with Crippen molar-refractivity contribution in [3.8, 4) is 0 Å². The summed E-state index contributed by atoms with van der Waals surface area (Å²) in [5.74, 6) is -0.468. The average molecular weight is 286 g/mol. The van der Waals surface area contributed by atoms with Crippen molar-refractivity contribution in [1.82, 2.24) is 10.2 Å². The quantitative estimate of drug-likeness (QED) is 0.791. The van der Waals surface area contributed by atoms with Crippen LogP contribution in [0.15, 0.2) is 22.8 Å². The smallest absolute Gasteiger partial charge is 0.325 e. The lowest BCUT2D eigenvalue weighted by Crippen LogP contribution is -2.41. The van der Waals surface area contributed by atoms with Gasteiger partial charge < -0.3 is 9.73 Å². The van der Waals surface area contributed by atoms with Crippen LogP contribution in [0.3, 0.4) is 0 Å². The number of amides is 3. The predicted octanol–water partition coefficient (Wildman–Crippen LogP) is 0.0912. The van der Waals surface area contributed by atoms with E-state index < -0.39 is 27.3 Å². The third kappa shape index (κ3) is 2.48. The van der Waals surface area contributed by atoms with Gasteiger partial charge in [-0.3, -0.25) is 9.69 Å². The number of urea groups is 1. The van der Waals surface area contributed by atoms with Crippen molar-refractivity contribution in [2.75, 3.05) is 18.6 Å². The van der Waals surface area contributed by atoms with E-state index in [-0.39, 0.29) is 12.3 Å². The van der Waals surface area contributed by atoms with Gasteiger partial charge in [0.25, 0.3) is 5.91 Å². The number of hydrogen-bond acceptors (Lipinski definition) is 5. The number of rotatable bonds is 4. The number of carbonyl (C=O) groups is 2. The molecule has 1 saturated heterocycles. The zero-order chi connectivity index (χ0) is 14.3. The van der Waals surface area contributed by atoms with Crippen LogP contribution in [-0.2, 0) is 20.2 Å². The second-order valence-electron chi connectivity index (χ2n) is 4.62. The van der Waals surface area contributed by atoms with Gasteiger partial charge >= 0.3 is 6.03 Å². The second-order valence-corrected chi connectivity index (χ2v) is 6.88. The van der Waals surface area contributed by atoms with Crippen LogP contribution in [0.1, 0.15) is 12.7 Å². The molecule has 104 valence electrons. The lowest BCUT2D eigenvalue weighted by atomic mass is 9.99. The first kappa shape index (κ1) is 13.6. The number of furan rings is 1. The Morgan fingerprint density at radius 3 is 2.63 bits per heavy atom. The van der Waals surface area contributed by atoms with E-state index in [1.54, 1.807) is 12.1 Å². The Hall–Kier alpha value is -1.83. The second kappa shape index (κ2) is 4.37. The fraction of sp³-hybridized carbons (Fsp3) is 0.455. The van der Waals surface area contributed by atoms with E-state index in [9.17, 15) is 18.0 Å². The van der Waals surface area contributed by atoms with Crippen LogP contribution in [0.4, 0.5) is 4.79 Å². The van der Waals surface area contributed by atoms with Crippen LogP contribution in [0.5, 0.6) is 0 Å². The standard InChI is InChI=1S/C11H14N2O5S/c1-11(8-4-3-6-18-8)9(14)13(10(15)12-11)5-7-19(2,16)17/h3-4,6H,5,7H2,1-2H3,(H,12,15). The van der Waals surface area contributed by atoms with E-state index in [1.807, 2.05) is 0 Å². The molecule has 0 bridgehead atoms. The molecule has 1 aliphatic heterocycles. The van der Waals surface area contributed by atoms with Gasteiger partial charge in [0.1, 0.15) is 15.6 Å². The topological polar surface area (TPSA) is 96.7 Å². The zero-order valence-corrected chi connectivity index (χ0v) is 11.4. The minimum Gasteiger partial charge on any atom is -0.466 e. The molecule has 0 saturated carbocycles. The molecule has 7 nitrogen and oxygen atoms in total. The molecule has 0 radical (unpaired) electrons. The lowest BCUT2D eigenvalue weighted by Gasteiger charge is -2.18. The van der Waals surface area contributed by atoms with E-state index >= 15 is 0 Å². The maximum atomic E-state index is 12.2. The predicted molar refractivity (Wildman–Crippen MR) is 66.0 cm³/mol. The largest absolute Gasteiger partial charge is 0.466 e. The van der Waals surface area contributed by atoms with Crippen molar-refractivity contribution >= 4 is 21.8 Å². The molecule has 1 aliphatic rings. The summed E-state index contributed by atoms with van der Waals surface area (Å²) >= 11 is 0. The first-order chi connectivity index (χ1) is 8.74. The number of hydrogen-bond donors (Lipinski definition) is 1. The van der Waals surface area contributed by atoms with Crippen molar-refractivity contribution in [2.45, 2.75) is 12.5 Å². The molecule has 0 aliphatic carbocycles. The number of imide groups is 1. The lowest BCUT2D eigenvalue weighted by molar-refractivity contribution is -0.131. The minimum absolute atomic E-state index is 0.167. The van der Waals surface area contributed by atoms with Crippen LogP contribution >= 0.6 is 0 Å². The van der Waals surface area contributed by atoms with Crippen molar-refractivity contribution < 1.29 is 22.4 Å². The van der Waals surface area contributed by atoms with Crippen molar-refractivity contribution in [1.29, 1.82) is 0 Å². The Morgan fingerprint density at radius 1 is 1.42 bits per heavy atom. The Balaban J connectivity index is 2.22. The van der Waals surface area contributed by atoms with E-state index in [0.29, 0.717) is 5.76 Å². The van der Waals surface area contributed by atoms with E-state index in [1.165, 1.54) is 13.2 Å². The van der Waals surface area contributed by atoms with Crippen LogP contribution in [0, 0.1) is 0 Å². The van der Waals surface area contributed by atoms with Gasteiger partial charge in [0, 0.05) is 12.8 Å². The normalized spacial score (nSPS) is 23.8. The highest BCUT2D eigenvalue weighted by atomic mass is 32.2. The highest BCUT2D eigenvalue weighted by Crippen LogP contribution is 2.28. The highest BCUT2D eigenvalue weighted by Gasteiger charge is 2.50. The summed E-state index contributed by atoms with van der Waals surface area (Å²) < 4.78 is 27.4. The Labute approximate surface area is 110 Å². The number of nitrogens with zero attached hydrogens (tertiary/aromatic N) is 1. The van der Waals surface area contributed by atoms with Gasteiger partial charge in [0.05, 0.1) is 12.0 Å². The zero-order valence-electron chi connectivity index (χ0n) is 10.5. The Bertz CT molecular complexity index is 607. The highest BCUT2D eigenvalue weighted by molar-refractivity contribution is 7.90. The molecule has 2 heterocycles. The molecule has 1 aromatic heterocycles. The maximum absolute atomic E-state index is 12.2. The molecule has 0 aromatic carbocycles. The third-order valence-electron chi connectivity index (χ3n) is 2.97. The molecule has 3 amide bonds. The molecule has 1 N–H and O–H groups in total. The summed E-state index contributed by atoms with van der Waals surface area (Å²) in [6, 6.07) is 2.57. The molecule has 1 fully saturated rings. The third-order valence-corrected chi connectivity index (χ3v) is 3.90. The van der Waals surface area contributed by atoms with Crippen molar-refractivity contribution in [3.05, 3.63) is 24.2 Å². The van der Waals surface area contributed by atoms with Crippen LogP contribution in [-0.4, -0.2) is 43.8 Å². The van der Waals surface area contributed by atoms with Gasteiger partial charge in [0.2, 0.25) is 0 Å². The summed E-state index contributed by atoms with van der Waals surface area (Å²) in [7, 11) is -3.25. The first-order valence-corrected chi connectivity index (χ1v) is 7.66. The molecule has 0 spiro atoms. The molecule has 2 rings (SSSR count). The Morgan fingerprint density at radius 2 is 2.11 bits per heavy atom. The summed E-state index contributed by atoms with van der Waals surface area (Å²) in [6.45, 7) is 1.35. The van der Waals surface area contributed by atoms with Gasteiger partial charge in [-0.1, -0.05) is 0 Å². The monoisotopic (exact) mass is 286 g/mol. The van der Waals surface area contributed by atoms with Crippen molar-refractivity contribution in [3.63, 3.8) is 0 Å². The van der Waals surface area contributed by atoms with Crippen molar-refractivity contribution in [2.24, 2.45) is 0 Å². The van der Waals surface area contributed by atoms with Crippen LogP contribution in [0.25, 0.3) is 0 Å². The molecule has 8 heteroatoms. The van der Waals surface area contributed by atoms with Gasteiger partial charge in [0.15, 0.2) is 5.54 Å². The maximum Gasteiger partial charge on any atom is 0.325 e. The van der Waals surface area contributed by atoms with E-state index in [4.69, 9.17) is 4.42 Å². The number of nitrogens with one attached hydrogen (secondary N) is 1. The Kier molecular flexibility index (Phi) is 3.13. The summed E-state index contributed by atoms with van der Waals surface area (Å²) in [6.07, 6.45) is 2.45. The molecular formula is C11H14N2O5S. The summed E-state index contributed by atoms with van der Waals surface area (Å²) in [4.78, 5) is 24.9. The minimum atomic E-state index is -3.25. The molecule has 1 atom stereocenters. The fourth-order valence-electron chi connectivity index (χ4n) is 1.89. The molecular weight excluding hydrogens is 272 g/mol. The number of carbonyl (C=O) groups excluding carboxylic acids is 2. The number of sulfone groups is 1. The van der Waals surface area contributed by atoms with E-state index in [2.05, 4.69) is 5.32 Å². The SMILES string of the molecule is CC1(c2ccco2)NC(=O)N(CCS(C)(=O)=O)C1=O. The van der Waals surface area contributed by atoms with Gasteiger partial charge in [-0.2, -0.15) is 0 Å². The fourth-order valence-corrected chi connectivity index (χ4v) is 2.40. The van der Waals surface area contributed by atoms with Gasteiger partial charge in [-0.05, 0) is 19.1 Å². The summed E-state index contributed by atoms with van der Waals surface area (Å²) in [5, 5.41) is 2.52. The molecule has 1 unspecified atom stereocenters. The van der Waals surface area contributed by atoms with Gasteiger partial charge in [-0.15, -0.1) is 0 Å². The first-order valence-electron chi connectivity index (χ1n) is 5.60. The average Bonchev–Trinajstić information content (AvgIpc) is 2.86. The van der Waals surface area contributed by atoms with Gasteiger partial charge in [-0.25, -0.2) is 13.2 Å². The summed E-state index contributed by atoms with van der Waals surface area (Å²) in [5.41, 5.74) is -1.28.